The van der Waals surface area contributed by atoms with Crippen molar-refractivity contribution in [2.75, 3.05) is 12.9 Å². The fraction of sp³-hybridized carbons (Fsp3) is 0.292. The number of fused-ring (bicyclic) bond motifs is 1. The van der Waals surface area contributed by atoms with Gasteiger partial charge in [-0.25, -0.2) is 17.5 Å². The average Bonchev–Trinajstić information content (AvgIpc) is 3.24. The third-order valence-corrected chi connectivity index (χ3v) is 8.97. The zero-order chi connectivity index (χ0) is 27.1. The molecule has 196 valence electrons. The number of benzene rings is 2. The summed E-state index contributed by atoms with van der Waals surface area (Å²) in [5.41, 5.74) is 0.707. The molecule has 2 heterocycles. The molecule has 0 unspecified atom stereocenters. The van der Waals surface area contributed by atoms with Crippen LogP contribution in [0.2, 0.25) is 0 Å². The first-order chi connectivity index (χ1) is 17.4. The number of ketones is 1. The molecule has 1 aliphatic rings. The monoisotopic (exact) mass is 549 g/mol. The highest BCUT2D eigenvalue weighted by molar-refractivity contribution is 7.91. The molecule has 0 amide bonds. The summed E-state index contributed by atoms with van der Waals surface area (Å²) in [5.74, 6) is -2.62. The molecule has 0 aliphatic carbocycles. The molecule has 3 aromatic rings. The summed E-state index contributed by atoms with van der Waals surface area (Å²) in [7, 11) is -7.03. The standard InChI is InChI=1S/C24H24FN3O7S2/c1-5-28-24(35-37(32,33)16-8-6-14(2)7-9-16)18(13-26-28)22(29)17-12-19(25)23-21(15(17)3)20(27-34-4)10-11-36(23,30)31/h6-9,12-13H,5,10-11H2,1-4H3. The quantitative estimate of drug-likeness (QED) is 0.249. The summed E-state index contributed by atoms with van der Waals surface area (Å²) >= 11 is 0. The van der Waals surface area contributed by atoms with Crippen LogP contribution in [0.1, 0.15) is 46.0 Å². The number of carbonyl (C=O) groups excluding carboxylic acids is 1. The fourth-order valence-electron chi connectivity index (χ4n) is 4.12. The van der Waals surface area contributed by atoms with Gasteiger partial charge < -0.3 is 9.02 Å². The molecular formula is C24H24FN3O7S2. The Labute approximate surface area is 213 Å². The van der Waals surface area contributed by atoms with E-state index in [1.165, 1.54) is 30.8 Å². The number of rotatable bonds is 7. The smallest absolute Gasteiger partial charge is 0.340 e. The van der Waals surface area contributed by atoms with Crippen LogP contribution < -0.4 is 4.18 Å². The van der Waals surface area contributed by atoms with Gasteiger partial charge in [0.2, 0.25) is 11.7 Å². The minimum atomic E-state index is -4.34. The lowest BCUT2D eigenvalue weighted by Crippen LogP contribution is -2.26. The van der Waals surface area contributed by atoms with E-state index in [0.717, 1.165) is 17.8 Å². The number of carbonyl (C=O) groups is 1. The summed E-state index contributed by atoms with van der Waals surface area (Å²) in [4.78, 5) is 17.8. The van der Waals surface area contributed by atoms with Gasteiger partial charge in [-0.2, -0.15) is 13.5 Å². The molecule has 0 saturated carbocycles. The molecule has 13 heteroatoms. The van der Waals surface area contributed by atoms with Crippen LogP contribution in [0.5, 0.6) is 5.88 Å². The first-order valence-electron chi connectivity index (χ1n) is 11.2. The van der Waals surface area contributed by atoms with E-state index < -0.39 is 36.5 Å². The maximum absolute atomic E-state index is 15.2. The van der Waals surface area contributed by atoms with E-state index in [1.807, 2.05) is 0 Å². The van der Waals surface area contributed by atoms with Gasteiger partial charge in [-0.3, -0.25) is 4.79 Å². The van der Waals surface area contributed by atoms with Crippen LogP contribution in [0.3, 0.4) is 0 Å². The molecule has 0 bridgehead atoms. The fourth-order valence-corrected chi connectivity index (χ4v) is 6.67. The van der Waals surface area contributed by atoms with E-state index in [0.29, 0.717) is 0 Å². The van der Waals surface area contributed by atoms with Crippen molar-refractivity contribution in [3.63, 3.8) is 0 Å². The predicted molar refractivity (Wildman–Crippen MR) is 132 cm³/mol. The zero-order valence-electron chi connectivity index (χ0n) is 20.5. The number of hydrogen-bond acceptors (Lipinski definition) is 9. The Morgan fingerprint density at radius 3 is 2.49 bits per heavy atom. The van der Waals surface area contributed by atoms with E-state index in [4.69, 9.17) is 9.02 Å². The lowest BCUT2D eigenvalue weighted by atomic mass is 9.93. The number of aryl methyl sites for hydroxylation is 2. The number of oxime groups is 1. The molecule has 0 N–H and O–H groups in total. The van der Waals surface area contributed by atoms with Gasteiger partial charge in [-0.15, -0.1) is 0 Å². The van der Waals surface area contributed by atoms with Crippen molar-refractivity contribution in [3.8, 4) is 5.88 Å². The molecule has 0 radical (unpaired) electrons. The number of sulfone groups is 1. The van der Waals surface area contributed by atoms with Gasteiger partial charge in [0.15, 0.2) is 9.84 Å². The lowest BCUT2D eigenvalue weighted by Gasteiger charge is -2.22. The highest BCUT2D eigenvalue weighted by Gasteiger charge is 2.36. The Kier molecular flexibility index (Phi) is 6.95. The minimum absolute atomic E-state index is 0.0297. The number of hydrogen-bond donors (Lipinski definition) is 0. The van der Waals surface area contributed by atoms with E-state index in [-0.39, 0.29) is 57.5 Å². The number of nitrogens with zero attached hydrogens (tertiary/aromatic N) is 3. The highest BCUT2D eigenvalue weighted by atomic mass is 32.2. The molecule has 0 atom stereocenters. The Hall–Kier alpha value is -3.58. The highest BCUT2D eigenvalue weighted by Crippen LogP contribution is 2.35. The SMILES string of the molecule is CCn1ncc(C(=O)c2cc(F)c3c(c2C)C(=NOC)CCS3(=O)=O)c1OS(=O)(=O)c1ccc(C)cc1. The summed E-state index contributed by atoms with van der Waals surface area (Å²) in [6.07, 6.45) is 1.10. The van der Waals surface area contributed by atoms with E-state index >= 15 is 4.39 Å². The molecule has 0 fully saturated rings. The molecule has 0 spiro atoms. The molecule has 1 aromatic heterocycles. The molecule has 0 saturated heterocycles. The van der Waals surface area contributed by atoms with Crippen molar-refractivity contribution in [2.24, 2.45) is 5.16 Å². The average molecular weight is 550 g/mol. The van der Waals surface area contributed by atoms with Crippen molar-refractivity contribution >= 4 is 31.5 Å². The molecule has 4 rings (SSSR count). The summed E-state index contributed by atoms with van der Waals surface area (Å²) in [6.45, 7) is 5.11. The van der Waals surface area contributed by atoms with Crippen molar-refractivity contribution in [1.82, 2.24) is 9.78 Å². The van der Waals surface area contributed by atoms with Crippen LogP contribution in [0, 0.1) is 19.7 Å². The maximum atomic E-state index is 15.2. The summed E-state index contributed by atoms with van der Waals surface area (Å²) in [6, 6.07) is 6.78. The van der Waals surface area contributed by atoms with Gasteiger partial charge in [0.05, 0.1) is 17.7 Å². The Bertz CT molecular complexity index is 1640. The van der Waals surface area contributed by atoms with Crippen molar-refractivity contribution in [2.45, 2.75) is 43.5 Å². The summed E-state index contributed by atoms with van der Waals surface area (Å²) < 4.78 is 72.9. The van der Waals surface area contributed by atoms with Crippen LogP contribution in [0.25, 0.3) is 0 Å². The van der Waals surface area contributed by atoms with Crippen LogP contribution in [-0.4, -0.2) is 51.0 Å². The van der Waals surface area contributed by atoms with Gasteiger partial charge in [0, 0.05) is 24.1 Å². The minimum Gasteiger partial charge on any atom is -0.399 e. The summed E-state index contributed by atoms with van der Waals surface area (Å²) in [5, 5.41) is 7.90. The van der Waals surface area contributed by atoms with Crippen molar-refractivity contribution in [1.29, 1.82) is 0 Å². The largest absolute Gasteiger partial charge is 0.399 e. The lowest BCUT2D eigenvalue weighted by molar-refractivity contribution is 0.103. The number of aromatic nitrogens is 2. The number of halogens is 1. The van der Waals surface area contributed by atoms with E-state index in [9.17, 15) is 21.6 Å². The molecule has 2 aromatic carbocycles. The second-order valence-electron chi connectivity index (χ2n) is 8.38. The normalized spacial score (nSPS) is 15.9. The van der Waals surface area contributed by atoms with Crippen LogP contribution in [0.4, 0.5) is 4.39 Å². The van der Waals surface area contributed by atoms with Gasteiger partial charge in [0.25, 0.3) is 0 Å². The third-order valence-electron chi connectivity index (χ3n) is 5.98. The third kappa shape index (κ3) is 4.76. The predicted octanol–water partition coefficient (Wildman–Crippen LogP) is 3.19. The van der Waals surface area contributed by atoms with Crippen molar-refractivity contribution in [3.05, 3.63) is 70.2 Å². The first-order valence-corrected chi connectivity index (χ1v) is 14.2. The Balaban J connectivity index is 1.86. The van der Waals surface area contributed by atoms with Gasteiger partial charge in [-0.05, 0) is 44.5 Å². The second-order valence-corrected chi connectivity index (χ2v) is 12.0. The first kappa shape index (κ1) is 26.5. The van der Waals surface area contributed by atoms with Gasteiger partial charge in [0.1, 0.15) is 28.3 Å². The molecule has 10 nitrogen and oxygen atoms in total. The molecular weight excluding hydrogens is 525 g/mol. The molecule has 1 aliphatic heterocycles. The topological polar surface area (TPSA) is 134 Å². The molecule has 37 heavy (non-hydrogen) atoms. The zero-order valence-corrected chi connectivity index (χ0v) is 22.1. The van der Waals surface area contributed by atoms with Crippen molar-refractivity contribution < 1.29 is 35.0 Å². The second kappa shape index (κ2) is 9.71. The van der Waals surface area contributed by atoms with Gasteiger partial charge in [-0.1, -0.05) is 22.9 Å². The van der Waals surface area contributed by atoms with Crippen LogP contribution in [0.15, 0.2) is 51.5 Å². The van der Waals surface area contributed by atoms with Crippen LogP contribution in [-0.2, 0) is 31.3 Å². The Morgan fingerprint density at radius 1 is 1.19 bits per heavy atom. The van der Waals surface area contributed by atoms with Crippen LogP contribution >= 0.6 is 0 Å². The maximum Gasteiger partial charge on any atom is 0.340 e. The van der Waals surface area contributed by atoms with E-state index in [2.05, 4.69) is 10.3 Å². The van der Waals surface area contributed by atoms with Gasteiger partial charge >= 0.3 is 10.1 Å². The van der Waals surface area contributed by atoms with E-state index in [1.54, 1.807) is 26.0 Å². The Morgan fingerprint density at radius 2 is 1.86 bits per heavy atom.